The highest BCUT2D eigenvalue weighted by Crippen LogP contribution is 2.35. The second-order valence-electron chi connectivity index (χ2n) is 9.81. The van der Waals surface area contributed by atoms with Crippen molar-refractivity contribution in [2.45, 2.75) is 69.9 Å². The minimum absolute atomic E-state index is 0.0786. The van der Waals surface area contributed by atoms with Crippen molar-refractivity contribution in [3.05, 3.63) is 71.0 Å². The number of amides is 2. The Balaban J connectivity index is 1.38. The summed E-state index contributed by atoms with van der Waals surface area (Å²) in [5, 5.41) is 5.90. The molecule has 2 aromatic rings. The van der Waals surface area contributed by atoms with Crippen molar-refractivity contribution in [3.8, 4) is 0 Å². The average Bonchev–Trinajstić information content (AvgIpc) is 2.82. The molecule has 0 heterocycles. The Bertz CT molecular complexity index is 950. The molecular weight excluding hydrogens is 429 g/mol. The number of benzene rings is 2. The lowest BCUT2D eigenvalue weighted by molar-refractivity contribution is -0.127. The summed E-state index contributed by atoms with van der Waals surface area (Å²) in [7, 11) is 4.30. The molecule has 1 aliphatic rings. The van der Waals surface area contributed by atoms with Gasteiger partial charge >= 0.3 is 0 Å². The molecule has 2 aromatic carbocycles. The molecule has 0 saturated heterocycles. The Morgan fingerprint density at radius 2 is 1.65 bits per heavy atom. The number of likely N-dealkylation sites (N-methyl/N-ethyl adjacent to an activating group) is 1. The van der Waals surface area contributed by atoms with Gasteiger partial charge in [0, 0.05) is 31.0 Å². The van der Waals surface area contributed by atoms with Gasteiger partial charge in [-0.05, 0) is 76.7 Å². The van der Waals surface area contributed by atoms with E-state index in [9.17, 15) is 14.0 Å². The fraction of sp³-hybridized carbons (Fsp3) is 0.500. The summed E-state index contributed by atoms with van der Waals surface area (Å²) in [4.78, 5) is 26.8. The van der Waals surface area contributed by atoms with Crippen LogP contribution in [0.2, 0.25) is 0 Å². The summed E-state index contributed by atoms with van der Waals surface area (Å²) in [6.45, 7) is 2.46. The third kappa shape index (κ3) is 7.39. The van der Waals surface area contributed by atoms with Gasteiger partial charge in [-0.3, -0.25) is 9.59 Å². The van der Waals surface area contributed by atoms with Crippen LogP contribution in [0.5, 0.6) is 0 Å². The van der Waals surface area contributed by atoms with Gasteiger partial charge in [-0.15, -0.1) is 0 Å². The molecule has 1 saturated carbocycles. The fourth-order valence-electron chi connectivity index (χ4n) is 4.82. The highest BCUT2D eigenvalue weighted by molar-refractivity contribution is 5.83. The molecule has 5 nitrogen and oxygen atoms in total. The summed E-state index contributed by atoms with van der Waals surface area (Å²) < 4.78 is 13.6. The number of rotatable bonds is 10. The molecule has 0 radical (unpaired) electrons. The molecule has 1 fully saturated rings. The lowest BCUT2D eigenvalue weighted by atomic mass is 9.74. The van der Waals surface area contributed by atoms with E-state index in [1.165, 1.54) is 17.2 Å². The van der Waals surface area contributed by atoms with Gasteiger partial charge in [-0.25, -0.2) is 4.39 Å². The maximum absolute atomic E-state index is 13.6. The normalized spacial score (nSPS) is 20.2. The summed E-state index contributed by atoms with van der Waals surface area (Å²) >= 11 is 0. The number of hydrogen-bond donors (Lipinski definition) is 2. The molecular formula is C28H38FN3O2. The summed E-state index contributed by atoms with van der Waals surface area (Å²) in [6, 6.07) is 15.5. The first-order valence-corrected chi connectivity index (χ1v) is 12.3. The van der Waals surface area contributed by atoms with E-state index >= 15 is 0 Å². The van der Waals surface area contributed by atoms with Crippen molar-refractivity contribution in [1.82, 2.24) is 15.5 Å². The van der Waals surface area contributed by atoms with Crippen molar-refractivity contribution in [3.63, 3.8) is 0 Å². The SMILES string of the molecule is Cc1ccc(CC2(N(C)C)CCC(NC(=O)CCC(=O)NCCc3ccccc3F)CC2)cc1. The number of nitrogens with zero attached hydrogens (tertiary/aromatic N) is 1. The predicted octanol–water partition coefficient (Wildman–Crippen LogP) is 4.17. The lowest BCUT2D eigenvalue weighted by Crippen LogP contribution is -2.52. The summed E-state index contributed by atoms with van der Waals surface area (Å²) in [5.41, 5.74) is 3.30. The number of nitrogens with one attached hydrogen (secondary N) is 2. The monoisotopic (exact) mass is 467 g/mol. The summed E-state index contributed by atoms with van der Waals surface area (Å²) in [5.74, 6) is -0.522. The molecule has 1 aliphatic carbocycles. The first kappa shape index (κ1) is 25.9. The van der Waals surface area contributed by atoms with Crippen LogP contribution in [0.4, 0.5) is 4.39 Å². The molecule has 184 valence electrons. The Hall–Kier alpha value is -2.73. The van der Waals surface area contributed by atoms with E-state index in [0.29, 0.717) is 18.5 Å². The number of hydrogen-bond acceptors (Lipinski definition) is 3. The van der Waals surface area contributed by atoms with E-state index in [2.05, 4.69) is 60.8 Å². The van der Waals surface area contributed by atoms with Crippen molar-refractivity contribution >= 4 is 11.8 Å². The van der Waals surface area contributed by atoms with Gasteiger partial charge in [0.05, 0.1) is 0 Å². The molecule has 0 bridgehead atoms. The molecule has 0 spiro atoms. The van der Waals surface area contributed by atoms with Crippen molar-refractivity contribution < 1.29 is 14.0 Å². The van der Waals surface area contributed by atoms with Crippen LogP contribution in [0.15, 0.2) is 48.5 Å². The van der Waals surface area contributed by atoms with Crippen LogP contribution in [0, 0.1) is 12.7 Å². The van der Waals surface area contributed by atoms with Gasteiger partial charge in [0.15, 0.2) is 0 Å². The molecule has 0 aliphatic heterocycles. The van der Waals surface area contributed by atoms with Crippen LogP contribution < -0.4 is 10.6 Å². The topological polar surface area (TPSA) is 61.4 Å². The molecule has 34 heavy (non-hydrogen) atoms. The van der Waals surface area contributed by atoms with E-state index in [4.69, 9.17) is 0 Å². The first-order valence-electron chi connectivity index (χ1n) is 12.3. The third-order valence-corrected chi connectivity index (χ3v) is 7.14. The second kappa shape index (κ2) is 12.1. The quantitative estimate of drug-likeness (QED) is 0.551. The van der Waals surface area contributed by atoms with Crippen LogP contribution in [0.25, 0.3) is 0 Å². The van der Waals surface area contributed by atoms with Crippen molar-refractivity contribution in [2.24, 2.45) is 0 Å². The molecule has 6 heteroatoms. The van der Waals surface area contributed by atoms with Gasteiger partial charge in [0.25, 0.3) is 0 Å². The highest BCUT2D eigenvalue weighted by Gasteiger charge is 2.37. The van der Waals surface area contributed by atoms with Gasteiger partial charge in [-0.1, -0.05) is 48.0 Å². The Morgan fingerprint density at radius 3 is 2.29 bits per heavy atom. The highest BCUT2D eigenvalue weighted by atomic mass is 19.1. The Kier molecular flexibility index (Phi) is 9.22. The molecule has 2 amide bonds. The van der Waals surface area contributed by atoms with E-state index in [0.717, 1.165) is 32.1 Å². The maximum Gasteiger partial charge on any atom is 0.220 e. The maximum atomic E-state index is 13.6. The van der Waals surface area contributed by atoms with Crippen LogP contribution in [0.1, 0.15) is 55.2 Å². The standard InChI is InChI=1S/C28H38FN3O2/c1-21-8-10-22(11-9-21)20-28(32(2)3)17-14-24(15-18-28)31-27(34)13-12-26(33)30-19-16-23-6-4-5-7-25(23)29/h4-11,24H,12-20H2,1-3H3,(H,30,33)(H,31,34). The predicted molar refractivity (Wildman–Crippen MR) is 134 cm³/mol. The summed E-state index contributed by atoms with van der Waals surface area (Å²) in [6.07, 6.45) is 5.67. The van der Waals surface area contributed by atoms with Crippen LogP contribution in [-0.2, 0) is 22.4 Å². The average molecular weight is 468 g/mol. The molecule has 0 unspecified atom stereocenters. The zero-order valence-corrected chi connectivity index (χ0v) is 20.7. The van der Waals surface area contributed by atoms with Crippen LogP contribution in [-0.4, -0.2) is 48.9 Å². The molecule has 2 N–H and O–H groups in total. The number of carbonyl (C=O) groups is 2. The van der Waals surface area contributed by atoms with Gasteiger partial charge < -0.3 is 15.5 Å². The van der Waals surface area contributed by atoms with Gasteiger partial charge in [-0.2, -0.15) is 0 Å². The largest absolute Gasteiger partial charge is 0.356 e. The first-order chi connectivity index (χ1) is 16.3. The van der Waals surface area contributed by atoms with Crippen LogP contribution >= 0.6 is 0 Å². The number of halogens is 1. The van der Waals surface area contributed by atoms with Crippen LogP contribution in [0.3, 0.4) is 0 Å². The second-order valence-corrected chi connectivity index (χ2v) is 9.81. The van der Waals surface area contributed by atoms with E-state index < -0.39 is 0 Å². The number of aryl methyl sites for hydroxylation is 1. The van der Waals surface area contributed by atoms with E-state index in [1.54, 1.807) is 18.2 Å². The molecule has 0 atom stereocenters. The minimum atomic E-state index is -0.263. The van der Waals surface area contributed by atoms with Gasteiger partial charge in [0.1, 0.15) is 5.82 Å². The van der Waals surface area contributed by atoms with Crippen molar-refractivity contribution in [1.29, 1.82) is 0 Å². The third-order valence-electron chi connectivity index (χ3n) is 7.14. The molecule has 0 aromatic heterocycles. The zero-order chi connectivity index (χ0) is 24.6. The smallest absolute Gasteiger partial charge is 0.220 e. The number of carbonyl (C=O) groups excluding carboxylic acids is 2. The van der Waals surface area contributed by atoms with E-state index in [-0.39, 0.29) is 42.1 Å². The van der Waals surface area contributed by atoms with E-state index in [1.807, 2.05) is 0 Å². The Labute approximate surface area is 203 Å². The Morgan fingerprint density at radius 1 is 1.00 bits per heavy atom. The fourth-order valence-corrected chi connectivity index (χ4v) is 4.82. The lowest BCUT2D eigenvalue weighted by Gasteiger charge is -2.45. The van der Waals surface area contributed by atoms with Gasteiger partial charge in [0.2, 0.25) is 11.8 Å². The minimum Gasteiger partial charge on any atom is -0.356 e. The zero-order valence-electron chi connectivity index (χ0n) is 20.7. The van der Waals surface area contributed by atoms with Crippen molar-refractivity contribution in [2.75, 3.05) is 20.6 Å². The molecule has 3 rings (SSSR count).